The molecule has 0 fully saturated rings. The molecule has 0 aromatic heterocycles. The van der Waals surface area contributed by atoms with E-state index in [2.05, 4.69) is 57.3 Å². The Hall–Kier alpha value is -1.53. The molecule has 0 aliphatic rings. The number of aryl methyl sites for hydroxylation is 2. The number of nitrogens with zero attached hydrogens (tertiary/aromatic N) is 1. The van der Waals surface area contributed by atoms with Gasteiger partial charge in [0.05, 0.1) is 12.7 Å². The minimum Gasteiger partial charge on any atom is -0.493 e. The van der Waals surface area contributed by atoms with Crippen molar-refractivity contribution in [1.82, 2.24) is 5.32 Å². The first-order valence-electron chi connectivity index (χ1n) is 7.75. The first kappa shape index (κ1) is 17.5. The van der Waals surface area contributed by atoms with Crippen LogP contribution < -0.4 is 10.1 Å². The summed E-state index contributed by atoms with van der Waals surface area (Å²) in [5, 5.41) is 12.6. The molecule has 1 aromatic carbocycles. The summed E-state index contributed by atoms with van der Waals surface area (Å²) in [6.45, 7) is 10.9. The van der Waals surface area contributed by atoms with Gasteiger partial charge in [-0.3, -0.25) is 5.32 Å². The van der Waals surface area contributed by atoms with Crippen molar-refractivity contribution in [3.63, 3.8) is 0 Å². The molecule has 0 amide bonds. The highest BCUT2D eigenvalue weighted by Crippen LogP contribution is 2.20. The topological polar surface area (TPSA) is 45.0 Å². The first-order valence-corrected chi connectivity index (χ1v) is 7.75. The van der Waals surface area contributed by atoms with E-state index in [4.69, 9.17) is 4.74 Å². The van der Waals surface area contributed by atoms with Gasteiger partial charge in [0.25, 0.3) is 0 Å². The molecule has 0 aliphatic heterocycles. The lowest BCUT2D eigenvalue weighted by Crippen LogP contribution is -2.44. The Balaban J connectivity index is 2.34. The maximum Gasteiger partial charge on any atom is 0.122 e. The van der Waals surface area contributed by atoms with Crippen LogP contribution in [0.15, 0.2) is 18.2 Å². The number of ether oxygens (including phenoxy) is 1. The zero-order chi connectivity index (χ0) is 15.9. The summed E-state index contributed by atoms with van der Waals surface area (Å²) in [6, 6.07) is 8.96. The predicted octanol–water partition coefficient (Wildman–Crippen LogP) is 4.13. The van der Waals surface area contributed by atoms with E-state index >= 15 is 0 Å². The van der Waals surface area contributed by atoms with E-state index in [-0.39, 0.29) is 0 Å². The minimum atomic E-state index is -0.437. The number of rotatable bonds is 8. The third kappa shape index (κ3) is 6.18. The van der Waals surface area contributed by atoms with Crippen molar-refractivity contribution in [2.45, 2.75) is 65.5 Å². The van der Waals surface area contributed by atoms with Crippen LogP contribution in [0.4, 0.5) is 0 Å². The number of unbranched alkanes of at least 4 members (excludes halogenated alkanes) is 1. The summed E-state index contributed by atoms with van der Waals surface area (Å²) in [4.78, 5) is 0. The lowest BCUT2D eigenvalue weighted by Gasteiger charge is -2.25. The van der Waals surface area contributed by atoms with Gasteiger partial charge in [-0.2, -0.15) is 5.26 Å². The number of hydrogen-bond acceptors (Lipinski definition) is 3. The Morgan fingerprint density at radius 2 is 2.00 bits per heavy atom. The van der Waals surface area contributed by atoms with Gasteiger partial charge in [-0.1, -0.05) is 12.1 Å². The fourth-order valence-electron chi connectivity index (χ4n) is 2.42. The normalized spacial score (nSPS) is 13.8. The lowest BCUT2D eigenvalue weighted by atomic mass is 9.96. The molecule has 0 radical (unpaired) electrons. The van der Waals surface area contributed by atoms with E-state index in [1.165, 1.54) is 11.1 Å². The van der Waals surface area contributed by atoms with E-state index in [0.717, 1.165) is 25.0 Å². The number of nitrogens with one attached hydrogen (secondary N) is 1. The molecule has 21 heavy (non-hydrogen) atoms. The Morgan fingerprint density at radius 1 is 1.29 bits per heavy atom. The van der Waals surface area contributed by atoms with Crippen LogP contribution in [0.1, 0.15) is 51.2 Å². The van der Waals surface area contributed by atoms with Crippen molar-refractivity contribution in [2.24, 2.45) is 0 Å². The summed E-state index contributed by atoms with van der Waals surface area (Å²) >= 11 is 0. The van der Waals surface area contributed by atoms with E-state index < -0.39 is 5.54 Å². The molecule has 0 saturated heterocycles. The van der Waals surface area contributed by atoms with Crippen molar-refractivity contribution in [3.8, 4) is 11.8 Å². The maximum absolute atomic E-state index is 9.29. The SMILES string of the molecule is Cc1ccc(C)c(OCCCCC(C)(C#N)NC(C)C)c1. The highest BCUT2D eigenvalue weighted by molar-refractivity contribution is 5.35. The van der Waals surface area contributed by atoms with Crippen molar-refractivity contribution in [3.05, 3.63) is 29.3 Å². The number of hydrogen-bond donors (Lipinski definition) is 1. The molecule has 1 unspecified atom stereocenters. The van der Waals surface area contributed by atoms with Crippen LogP contribution in [0.5, 0.6) is 5.75 Å². The van der Waals surface area contributed by atoms with E-state index in [1.807, 2.05) is 6.92 Å². The summed E-state index contributed by atoms with van der Waals surface area (Å²) in [6.07, 6.45) is 2.79. The molecule has 1 aromatic rings. The molecule has 3 heteroatoms. The molecule has 1 atom stereocenters. The molecule has 0 saturated carbocycles. The molecule has 0 bridgehead atoms. The van der Waals surface area contributed by atoms with Gasteiger partial charge in [-0.15, -0.1) is 0 Å². The second kappa shape index (κ2) is 8.05. The maximum atomic E-state index is 9.29. The average Bonchev–Trinajstić information content (AvgIpc) is 2.41. The smallest absolute Gasteiger partial charge is 0.122 e. The Kier molecular flexibility index (Phi) is 6.71. The van der Waals surface area contributed by atoms with Gasteiger partial charge < -0.3 is 4.74 Å². The Labute approximate surface area is 129 Å². The zero-order valence-electron chi connectivity index (χ0n) is 14.0. The monoisotopic (exact) mass is 288 g/mol. The third-order valence-corrected chi connectivity index (χ3v) is 3.53. The zero-order valence-corrected chi connectivity index (χ0v) is 14.0. The van der Waals surface area contributed by atoms with Gasteiger partial charge in [-0.05, 0) is 71.1 Å². The van der Waals surface area contributed by atoms with Gasteiger partial charge in [0.2, 0.25) is 0 Å². The van der Waals surface area contributed by atoms with Crippen LogP contribution in [0.2, 0.25) is 0 Å². The second-order valence-electron chi connectivity index (χ2n) is 6.32. The summed E-state index contributed by atoms with van der Waals surface area (Å²) in [5.41, 5.74) is 1.95. The molecule has 0 heterocycles. The molecule has 0 spiro atoms. The van der Waals surface area contributed by atoms with Crippen LogP contribution in [-0.4, -0.2) is 18.2 Å². The average molecular weight is 288 g/mol. The Morgan fingerprint density at radius 3 is 2.62 bits per heavy atom. The highest BCUT2D eigenvalue weighted by atomic mass is 16.5. The Bertz CT molecular complexity index is 490. The van der Waals surface area contributed by atoms with Crippen LogP contribution in [-0.2, 0) is 0 Å². The lowest BCUT2D eigenvalue weighted by molar-refractivity contribution is 0.290. The fraction of sp³-hybridized carbons (Fsp3) is 0.611. The summed E-state index contributed by atoms with van der Waals surface area (Å²) < 4.78 is 5.84. The van der Waals surface area contributed by atoms with Crippen LogP contribution in [0.25, 0.3) is 0 Å². The third-order valence-electron chi connectivity index (χ3n) is 3.53. The fourth-order valence-corrected chi connectivity index (χ4v) is 2.42. The van der Waals surface area contributed by atoms with Crippen molar-refractivity contribution >= 4 is 0 Å². The molecular formula is C18H28N2O. The van der Waals surface area contributed by atoms with Crippen molar-refractivity contribution in [2.75, 3.05) is 6.61 Å². The van der Waals surface area contributed by atoms with Crippen LogP contribution in [0.3, 0.4) is 0 Å². The standard InChI is InChI=1S/C18H28N2O/c1-14(2)20-18(5,13-19)10-6-7-11-21-17-12-15(3)8-9-16(17)4/h8-9,12,14,20H,6-7,10-11H2,1-5H3. The van der Waals surface area contributed by atoms with Gasteiger partial charge in [0.15, 0.2) is 0 Å². The summed E-state index contributed by atoms with van der Waals surface area (Å²) in [5.74, 6) is 0.971. The largest absolute Gasteiger partial charge is 0.493 e. The van der Waals surface area contributed by atoms with Gasteiger partial charge in [0.1, 0.15) is 11.3 Å². The van der Waals surface area contributed by atoms with E-state index in [0.29, 0.717) is 12.6 Å². The molecule has 3 nitrogen and oxygen atoms in total. The molecule has 116 valence electrons. The molecular weight excluding hydrogens is 260 g/mol. The second-order valence-corrected chi connectivity index (χ2v) is 6.32. The quantitative estimate of drug-likeness (QED) is 0.731. The minimum absolute atomic E-state index is 0.320. The highest BCUT2D eigenvalue weighted by Gasteiger charge is 2.23. The van der Waals surface area contributed by atoms with Gasteiger partial charge >= 0.3 is 0 Å². The van der Waals surface area contributed by atoms with E-state index in [9.17, 15) is 5.26 Å². The number of nitriles is 1. The number of benzene rings is 1. The molecule has 0 aliphatic carbocycles. The van der Waals surface area contributed by atoms with Gasteiger partial charge in [-0.25, -0.2) is 0 Å². The van der Waals surface area contributed by atoms with Crippen LogP contribution in [0, 0.1) is 25.2 Å². The van der Waals surface area contributed by atoms with E-state index in [1.54, 1.807) is 0 Å². The summed E-state index contributed by atoms with van der Waals surface area (Å²) in [7, 11) is 0. The predicted molar refractivity (Wildman–Crippen MR) is 87.6 cm³/mol. The molecule has 1 N–H and O–H groups in total. The van der Waals surface area contributed by atoms with Crippen molar-refractivity contribution in [1.29, 1.82) is 5.26 Å². The van der Waals surface area contributed by atoms with Crippen LogP contribution >= 0.6 is 0 Å². The molecule has 1 rings (SSSR count). The van der Waals surface area contributed by atoms with Crippen molar-refractivity contribution < 1.29 is 4.74 Å². The first-order chi connectivity index (χ1) is 9.86. The van der Waals surface area contributed by atoms with Gasteiger partial charge in [0, 0.05) is 6.04 Å².